The van der Waals surface area contributed by atoms with Gasteiger partial charge in [0, 0.05) is 5.56 Å². The normalized spacial score (nSPS) is 8.35. The topological polar surface area (TPSA) is 80.6 Å². The summed E-state index contributed by atoms with van der Waals surface area (Å²) >= 11 is 0. The van der Waals surface area contributed by atoms with Crippen LogP contribution in [-0.4, -0.2) is 7.11 Å². The van der Waals surface area contributed by atoms with E-state index in [4.69, 9.17) is 20.5 Å². The molecule has 0 fully saturated rings. The zero-order chi connectivity index (χ0) is 12.7. The number of allylic oxidation sites excluding steroid dienone is 1. The van der Waals surface area contributed by atoms with E-state index in [-0.39, 0.29) is 12.0 Å². The highest BCUT2D eigenvalue weighted by atomic mass is 16.5. The van der Waals surface area contributed by atoms with Gasteiger partial charge in [0.05, 0.1) is 19.6 Å². The highest BCUT2D eigenvalue weighted by Crippen LogP contribution is 2.21. The Morgan fingerprint density at radius 1 is 1.29 bits per heavy atom. The Balaban J connectivity index is 3.19. The van der Waals surface area contributed by atoms with E-state index in [9.17, 15) is 0 Å². The zero-order valence-electron chi connectivity index (χ0n) is 9.27. The van der Waals surface area contributed by atoms with Crippen molar-refractivity contribution in [3.8, 4) is 24.0 Å². The summed E-state index contributed by atoms with van der Waals surface area (Å²) in [5.74, 6) is 0.624. The van der Waals surface area contributed by atoms with Crippen LogP contribution in [0.4, 0.5) is 0 Å². The van der Waals surface area contributed by atoms with E-state index in [0.717, 1.165) is 5.56 Å². The van der Waals surface area contributed by atoms with Gasteiger partial charge in [0.15, 0.2) is 0 Å². The van der Waals surface area contributed by atoms with Crippen molar-refractivity contribution < 1.29 is 4.74 Å². The molecule has 0 saturated carbocycles. The number of hydrogen-bond donors (Lipinski definition) is 0. The second-order valence-electron chi connectivity index (χ2n) is 3.19. The lowest BCUT2D eigenvalue weighted by molar-refractivity contribution is 0.411. The van der Waals surface area contributed by atoms with Crippen molar-refractivity contribution in [1.29, 1.82) is 15.8 Å². The SMILES string of the molecule is COc1ccc(C=C(C#N)C#N)cc1CC#N. The molecule has 1 aromatic rings. The highest BCUT2D eigenvalue weighted by molar-refractivity contribution is 5.63. The summed E-state index contributed by atoms with van der Waals surface area (Å²) in [6.45, 7) is 0. The van der Waals surface area contributed by atoms with Gasteiger partial charge in [-0.3, -0.25) is 0 Å². The fraction of sp³-hybridized carbons (Fsp3) is 0.154. The van der Waals surface area contributed by atoms with Gasteiger partial charge in [-0.1, -0.05) is 6.07 Å². The number of methoxy groups -OCH3 is 1. The standard InChI is InChI=1S/C13H9N3O/c1-17-13-3-2-10(6-11(8-15)9-16)7-12(13)4-5-14/h2-3,6-7H,4H2,1H3. The maximum atomic E-state index is 8.68. The van der Waals surface area contributed by atoms with Gasteiger partial charge in [-0.15, -0.1) is 0 Å². The maximum absolute atomic E-state index is 8.68. The van der Waals surface area contributed by atoms with Gasteiger partial charge < -0.3 is 4.74 Å². The van der Waals surface area contributed by atoms with Gasteiger partial charge in [0.25, 0.3) is 0 Å². The van der Waals surface area contributed by atoms with Crippen LogP contribution < -0.4 is 4.74 Å². The molecule has 0 saturated heterocycles. The summed E-state index contributed by atoms with van der Waals surface area (Å²) in [5.41, 5.74) is 1.46. The Kier molecular flexibility index (Phi) is 4.31. The molecule has 0 spiro atoms. The number of rotatable bonds is 3. The fourth-order valence-electron chi connectivity index (χ4n) is 1.37. The van der Waals surface area contributed by atoms with Gasteiger partial charge >= 0.3 is 0 Å². The third kappa shape index (κ3) is 3.09. The second kappa shape index (κ2) is 5.95. The first kappa shape index (κ1) is 12.3. The quantitative estimate of drug-likeness (QED) is 0.735. The third-order valence-corrected chi connectivity index (χ3v) is 2.13. The van der Waals surface area contributed by atoms with E-state index in [1.165, 1.54) is 13.2 Å². The van der Waals surface area contributed by atoms with Crippen LogP contribution in [0, 0.1) is 34.0 Å². The van der Waals surface area contributed by atoms with E-state index in [1.54, 1.807) is 30.3 Å². The summed E-state index contributed by atoms with van der Waals surface area (Å²) in [7, 11) is 1.53. The lowest BCUT2D eigenvalue weighted by Crippen LogP contribution is -1.91. The molecule has 0 heterocycles. The number of nitriles is 3. The van der Waals surface area contributed by atoms with Crippen LogP contribution in [0.25, 0.3) is 6.08 Å². The van der Waals surface area contributed by atoms with Crippen molar-refractivity contribution >= 4 is 6.08 Å². The number of hydrogen-bond acceptors (Lipinski definition) is 4. The average molecular weight is 223 g/mol. The molecule has 0 unspecified atom stereocenters. The summed E-state index contributed by atoms with van der Waals surface area (Å²) in [6.07, 6.45) is 1.69. The van der Waals surface area contributed by atoms with E-state index in [0.29, 0.717) is 11.3 Å². The molecule has 1 aromatic carbocycles. The Bertz CT molecular complexity index is 552. The van der Waals surface area contributed by atoms with Crippen molar-refractivity contribution in [3.63, 3.8) is 0 Å². The first-order valence-corrected chi connectivity index (χ1v) is 4.81. The minimum atomic E-state index is 0.0260. The monoisotopic (exact) mass is 223 g/mol. The molecular weight excluding hydrogens is 214 g/mol. The Labute approximate surface area is 99.6 Å². The molecule has 1 rings (SSSR count). The van der Waals surface area contributed by atoms with E-state index in [1.807, 2.05) is 6.07 Å². The van der Waals surface area contributed by atoms with E-state index < -0.39 is 0 Å². The van der Waals surface area contributed by atoms with Crippen molar-refractivity contribution in [2.24, 2.45) is 0 Å². The first-order chi connectivity index (χ1) is 8.24. The predicted octanol–water partition coefficient (Wildman–Crippen LogP) is 2.19. The largest absolute Gasteiger partial charge is 0.496 e. The Morgan fingerprint density at radius 2 is 2.00 bits per heavy atom. The van der Waals surface area contributed by atoms with Gasteiger partial charge in [0.2, 0.25) is 0 Å². The van der Waals surface area contributed by atoms with Crippen molar-refractivity contribution in [3.05, 3.63) is 34.9 Å². The van der Waals surface area contributed by atoms with E-state index in [2.05, 4.69) is 0 Å². The molecule has 0 N–H and O–H groups in total. The predicted molar refractivity (Wildman–Crippen MR) is 61.5 cm³/mol. The van der Waals surface area contributed by atoms with Crippen LogP contribution in [0.3, 0.4) is 0 Å². The minimum absolute atomic E-state index is 0.0260. The molecule has 0 bridgehead atoms. The number of nitrogens with zero attached hydrogens (tertiary/aromatic N) is 3. The minimum Gasteiger partial charge on any atom is -0.496 e. The molecule has 82 valence electrons. The maximum Gasteiger partial charge on any atom is 0.130 e. The van der Waals surface area contributed by atoms with Gasteiger partial charge in [-0.05, 0) is 23.8 Å². The van der Waals surface area contributed by atoms with Crippen LogP contribution >= 0.6 is 0 Å². The summed E-state index contributed by atoms with van der Waals surface area (Å²) in [6, 6.07) is 10.8. The summed E-state index contributed by atoms with van der Waals surface area (Å²) < 4.78 is 5.11. The van der Waals surface area contributed by atoms with E-state index >= 15 is 0 Å². The molecule has 0 amide bonds. The molecule has 0 aliphatic heterocycles. The molecule has 0 radical (unpaired) electrons. The van der Waals surface area contributed by atoms with Gasteiger partial charge in [-0.2, -0.15) is 15.8 Å². The lowest BCUT2D eigenvalue weighted by Gasteiger charge is -2.06. The number of ether oxygens (including phenoxy) is 1. The average Bonchev–Trinajstić information content (AvgIpc) is 2.36. The number of benzene rings is 1. The fourth-order valence-corrected chi connectivity index (χ4v) is 1.37. The van der Waals surface area contributed by atoms with Crippen LogP contribution in [0.2, 0.25) is 0 Å². The van der Waals surface area contributed by atoms with Crippen LogP contribution in [0.1, 0.15) is 11.1 Å². The molecule has 0 aromatic heterocycles. The van der Waals surface area contributed by atoms with Crippen molar-refractivity contribution in [2.75, 3.05) is 7.11 Å². The summed E-state index contributed by atoms with van der Waals surface area (Å²) in [5, 5.41) is 26.0. The zero-order valence-corrected chi connectivity index (χ0v) is 9.27. The van der Waals surface area contributed by atoms with Gasteiger partial charge in [-0.25, -0.2) is 0 Å². The molecule has 17 heavy (non-hydrogen) atoms. The van der Waals surface area contributed by atoms with Crippen LogP contribution in [-0.2, 0) is 6.42 Å². The second-order valence-corrected chi connectivity index (χ2v) is 3.19. The third-order valence-electron chi connectivity index (χ3n) is 2.13. The Hall–Kier alpha value is -2.77. The van der Waals surface area contributed by atoms with Crippen LogP contribution in [0.15, 0.2) is 23.8 Å². The Morgan fingerprint density at radius 3 is 2.53 bits per heavy atom. The molecule has 4 nitrogen and oxygen atoms in total. The molecule has 0 atom stereocenters. The van der Waals surface area contributed by atoms with Crippen molar-refractivity contribution in [1.82, 2.24) is 0 Å². The molecule has 0 aliphatic rings. The molecule has 0 aliphatic carbocycles. The lowest BCUT2D eigenvalue weighted by atomic mass is 10.1. The van der Waals surface area contributed by atoms with Gasteiger partial charge in [0.1, 0.15) is 23.5 Å². The van der Waals surface area contributed by atoms with Crippen LogP contribution in [0.5, 0.6) is 5.75 Å². The highest BCUT2D eigenvalue weighted by Gasteiger charge is 2.03. The first-order valence-electron chi connectivity index (χ1n) is 4.81. The van der Waals surface area contributed by atoms with Crippen molar-refractivity contribution in [2.45, 2.75) is 6.42 Å². The molecule has 4 heteroatoms. The smallest absolute Gasteiger partial charge is 0.130 e. The summed E-state index contributed by atoms with van der Waals surface area (Å²) in [4.78, 5) is 0. The molecular formula is C13H9N3O.